The van der Waals surface area contributed by atoms with Gasteiger partial charge < -0.3 is 24.8 Å². The molecule has 2 fully saturated rings. The highest BCUT2D eigenvalue weighted by Gasteiger charge is 2.41. The van der Waals surface area contributed by atoms with Gasteiger partial charge in [0.15, 0.2) is 0 Å². The second kappa shape index (κ2) is 10.2. The predicted molar refractivity (Wildman–Crippen MR) is 128 cm³/mol. The molecule has 0 spiro atoms. The number of rotatable bonds is 7. The standard InChI is InChI=1S/C25H37N5O3/c1-17(2)24(31)29-15-19(20(26)16-29)25(32)28-11-6-8-18(14-28)23-27-21-9-4-5-10-22(21)30(23)12-7-13-33-3/h4-5,9-10,17-20H,6-8,11-16,26H2,1-3H3/t18?,19-,20-/m1/s1. The molecular weight excluding hydrogens is 418 g/mol. The van der Waals surface area contributed by atoms with E-state index in [1.807, 2.05) is 30.9 Å². The number of ether oxygens (including phenoxy) is 1. The summed E-state index contributed by atoms with van der Waals surface area (Å²) in [6.07, 6.45) is 2.86. The number of imidazole rings is 1. The number of nitrogens with two attached hydrogens (primary N) is 1. The SMILES string of the molecule is COCCCn1c(C2CCCN(C(=O)[C@@H]3CN(C(=O)C(C)C)C[C@H]3N)C2)nc2ccccc21. The van der Waals surface area contributed by atoms with Crippen LogP contribution in [0.2, 0.25) is 0 Å². The quantitative estimate of drug-likeness (QED) is 0.646. The van der Waals surface area contributed by atoms with Crippen molar-refractivity contribution in [3.05, 3.63) is 30.1 Å². The van der Waals surface area contributed by atoms with Crippen LogP contribution in [0.3, 0.4) is 0 Å². The number of nitrogens with zero attached hydrogens (tertiary/aromatic N) is 4. The summed E-state index contributed by atoms with van der Waals surface area (Å²) in [5.41, 5.74) is 8.46. The first kappa shape index (κ1) is 23.7. The molecule has 33 heavy (non-hydrogen) atoms. The number of carbonyl (C=O) groups excluding carboxylic acids is 2. The maximum Gasteiger partial charge on any atom is 0.229 e. The van der Waals surface area contributed by atoms with E-state index in [0.29, 0.717) is 26.2 Å². The fourth-order valence-electron chi connectivity index (χ4n) is 5.27. The summed E-state index contributed by atoms with van der Waals surface area (Å²) in [6.45, 7) is 7.58. The van der Waals surface area contributed by atoms with Crippen molar-refractivity contribution in [2.75, 3.05) is 39.9 Å². The van der Waals surface area contributed by atoms with Crippen molar-refractivity contribution in [2.24, 2.45) is 17.6 Å². The zero-order chi connectivity index (χ0) is 23.5. The van der Waals surface area contributed by atoms with E-state index in [1.165, 1.54) is 0 Å². The van der Waals surface area contributed by atoms with Gasteiger partial charge in [-0.25, -0.2) is 4.98 Å². The Morgan fingerprint density at radius 3 is 2.73 bits per heavy atom. The summed E-state index contributed by atoms with van der Waals surface area (Å²) >= 11 is 0. The summed E-state index contributed by atoms with van der Waals surface area (Å²) in [6, 6.07) is 7.92. The minimum Gasteiger partial charge on any atom is -0.385 e. The van der Waals surface area contributed by atoms with E-state index >= 15 is 0 Å². The Morgan fingerprint density at radius 2 is 1.97 bits per heavy atom. The third-order valence-corrected chi connectivity index (χ3v) is 7.00. The molecule has 0 bridgehead atoms. The average Bonchev–Trinajstić information content (AvgIpc) is 3.39. The number of hydrogen-bond donors (Lipinski definition) is 1. The van der Waals surface area contributed by atoms with Crippen LogP contribution in [0.1, 0.15) is 44.9 Å². The summed E-state index contributed by atoms with van der Waals surface area (Å²) in [5, 5.41) is 0. The number of carbonyl (C=O) groups is 2. The number of aromatic nitrogens is 2. The number of methoxy groups -OCH3 is 1. The minimum atomic E-state index is -0.327. The molecule has 1 aromatic heterocycles. The van der Waals surface area contributed by atoms with Gasteiger partial charge in [0, 0.05) is 64.3 Å². The molecule has 0 saturated carbocycles. The normalized spacial score (nSPS) is 23.6. The van der Waals surface area contributed by atoms with E-state index in [-0.39, 0.29) is 35.6 Å². The molecule has 4 rings (SSSR count). The lowest BCUT2D eigenvalue weighted by molar-refractivity contribution is -0.137. The molecule has 2 aliphatic rings. The highest BCUT2D eigenvalue weighted by molar-refractivity contribution is 5.84. The van der Waals surface area contributed by atoms with E-state index in [9.17, 15) is 9.59 Å². The van der Waals surface area contributed by atoms with Crippen molar-refractivity contribution in [1.82, 2.24) is 19.4 Å². The molecule has 2 saturated heterocycles. The fourth-order valence-corrected chi connectivity index (χ4v) is 5.27. The predicted octanol–water partition coefficient (Wildman–Crippen LogP) is 2.22. The first-order valence-corrected chi connectivity index (χ1v) is 12.2. The Morgan fingerprint density at radius 1 is 1.18 bits per heavy atom. The van der Waals surface area contributed by atoms with E-state index in [0.717, 1.165) is 49.2 Å². The second-order valence-corrected chi connectivity index (χ2v) is 9.75. The van der Waals surface area contributed by atoms with Gasteiger partial charge in [0.1, 0.15) is 5.82 Å². The van der Waals surface area contributed by atoms with E-state index in [4.69, 9.17) is 15.5 Å². The van der Waals surface area contributed by atoms with Crippen LogP contribution >= 0.6 is 0 Å². The molecule has 0 radical (unpaired) electrons. The number of para-hydroxylation sites is 2. The van der Waals surface area contributed by atoms with Crippen LogP contribution in [-0.2, 0) is 20.9 Å². The fraction of sp³-hybridized carbons (Fsp3) is 0.640. The number of hydrogen-bond acceptors (Lipinski definition) is 5. The third-order valence-electron chi connectivity index (χ3n) is 7.00. The van der Waals surface area contributed by atoms with Crippen LogP contribution in [0.25, 0.3) is 11.0 Å². The van der Waals surface area contributed by atoms with Crippen LogP contribution in [0.5, 0.6) is 0 Å². The molecular formula is C25H37N5O3. The van der Waals surface area contributed by atoms with Crippen LogP contribution in [0.15, 0.2) is 24.3 Å². The monoisotopic (exact) mass is 455 g/mol. The summed E-state index contributed by atoms with van der Waals surface area (Å²) in [7, 11) is 1.72. The van der Waals surface area contributed by atoms with Crippen molar-refractivity contribution in [3.8, 4) is 0 Å². The topological polar surface area (TPSA) is 93.7 Å². The van der Waals surface area contributed by atoms with Gasteiger partial charge in [-0.2, -0.15) is 0 Å². The molecule has 180 valence electrons. The molecule has 2 N–H and O–H groups in total. The maximum absolute atomic E-state index is 13.5. The Kier molecular flexibility index (Phi) is 7.34. The number of fused-ring (bicyclic) bond motifs is 1. The zero-order valence-corrected chi connectivity index (χ0v) is 20.1. The molecule has 2 amide bonds. The van der Waals surface area contributed by atoms with Gasteiger partial charge in [-0.3, -0.25) is 9.59 Å². The van der Waals surface area contributed by atoms with Gasteiger partial charge >= 0.3 is 0 Å². The molecule has 8 nitrogen and oxygen atoms in total. The number of benzene rings is 1. The average molecular weight is 456 g/mol. The number of aryl methyl sites for hydroxylation is 1. The first-order valence-electron chi connectivity index (χ1n) is 12.2. The molecule has 2 aliphatic heterocycles. The lowest BCUT2D eigenvalue weighted by Gasteiger charge is -2.35. The molecule has 3 atom stereocenters. The smallest absolute Gasteiger partial charge is 0.229 e. The Bertz CT molecular complexity index is 988. The van der Waals surface area contributed by atoms with Crippen molar-refractivity contribution in [3.63, 3.8) is 0 Å². The van der Waals surface area contributed by atoms with Gasteiger partial charge in [0.05, 0.1) is 17.0 Å². The van der Waals surface area contributed by atoms with E-state index < -0.39 is 0 Å². The Labute approximate surface area is 196 Å². The molecule has 1 aromatic carbocycles. The molecule has 3 heterocycles. The van der Waals surface area contributed by atoms with Crippen LogP contribution in [-0.4, -0.2) is 77.1 Å². The van der Waals surface area contributed by atoms with Crippen LogP contribution in [0, 0.1) is 11.8 Å². The van der Waals surface area contributed by atoms with Crippen molar-refractivity contribution < 1.29 is 14.3 Å². The van der Waals surface area contributed by atoms with Crippen molar-refractivity contribution >= 4 is 22.8 Å². The lowest BCUT2D eigenvalue weighted by atomic mass is 9.94. The van der Waals surface area contributed by atoms with E-state index in [2.05, 4.69) is 16.7 Å². The summed E-state index contributed by atoms with van der Waals surface area (Å²) in [5.74, 6) is 0.972. The first-order chi connectivity index (χ1) is 15.9. The molecule has 0 aliphatic carbocycles. The van der Waals surface area contributed by atoms with Gasteiger partial charge in [0.2, 0.25) is 11.8 Å². The van der Waals surface area contributed by atoms with Crippen LogP contribution in [0.4, 0.5) is 0 Å². The lowest BCUT2D eigenvalue weighted by Crippen LogP contribution is -2.47. The zero-order valence-electron chi connectivity index (χ0n) is 20.1. The summed E-state index contributed by atoms with van der Waals surface area (Å²) in [4.78, 5) is 34.6. The Hall–Kier alpha value is -2.45. The summed E-state index contributed by atoms with van der Waals surface area (Å²) < 4.78 is 7.57. The maximum atomic E-state index is 13.5. The van der Waals surface area contributed by atoms with Crippen LogP contribution < -0.4 is 5.73 Å². The van der Waals surface area contributed by atoms with Gasteiger partial charge in [0.25, 0.3) is 0 Å². The second-order valence-electron chi connectivity index (χ2n) is 9.75. The third kappa shape index (κ3) is 4.92. The number of likely N-dealkylation sites (tertiary alicyclic amines) is 2. The molecule has 2 aromatic rings. The highest BCUT2D eigenvalue weighted by atomic mass is 16.5. The van der Waals surface area contributed by atoms with Crippen molar-refractivity contribution in [2.45, 2.75) is 51.6 Å². The van der Waals surface area contributed by atoms with Gasteiger partial charge in [-0.05, 0) is 31.4 Å². The van der Waals surface area contributed by atoms with Crippen molar-refractivity contribution in [1.29, 1.82) is 0 Å². The minimum absolute atomic E-state index is 0.0713. The number of amides is 2. The molecule has 8 heteroatoms. The largest absolute Gasteiger partial charge is 0.385 e. The van der Waals surface area contributed by atoms with Gasteiger partial charge in [-0.15, -0.1) is 0 Å². The van der Waals surface area contributed by atoms with Gasteiger partial charge in [-0.1, -0.05) is 26.0 Å². The molecule has 1 unspecified atom stereocenters. The number of piperidine rings is 1. The highest BCUT2D eigenvalue weighted by Crippen LogP contribution is 2.31. The van der Waals surface area contributed by atoms with E-state index in [1.54, 1.807) is 12.0 Å². The Balaban J connectivity index is 1.51.